The van der Waals surface area contributed by atoms with Crippen LogP contribution in [0.2, 0.25) is 0 Å². The van der Waals surface area contributed by atoms with Gasteiger partial charge in [-0.05, 0) is 31.2 Å². The zero-order chi connectivity index (χ0) is 16.8. The third-order valence-corrected chi connectivity index (χ3v) is 2.85. The summed E-state index contributed by atoms with van der Waals surface area (Å²) in [6, 6.07) is 8.25. The number of benzene rings is 1. The zero-order valence-corrected chi connectivity index (χ0v) is 12.2. The van der Waals surface area contributed by atoms with Crippen LogP contribution in [0.5, 0.6) is 0 Å². The minimum atomic E-state index is -1.06. The molecule has 1 aromatic heterocycles. The fourth-order valence-corrected chi connectivity index (χ4v) is 1.65. The van der Waals surface area contributed by atoms with Crippen LogP contribution in [0.25, 0.3) is 0 Å². The highest BCUT2D eigenvalue weighted by Gasteiger charge is 2.21. The van der Waals surface area contributed by atoms with Gasteiger partial charge in [0.05, 0.1) is 11.6 Å². The second-order valence-electron chi connectivity index (χ2n) is 4.52. The number of hydrogen-bond acceptors (Lipinski definition) is 7. The van der Waals surface area contributed by atoms with Gasteiger partial charge in [-0.15, -0.1) is 0 Å². The standard InChI is InChI=1S/C15H13N5O3/c1-9(23-15(22)12-13(17)19-7-6-18-12)14(21)20-11-4-2-10(8-16)3-5-11/h2-7,9H,1H3,(H2,17,19)(H,20,21). The predicted octanol–water partition coefficient (Wildman–Crippen LogP) is 1.11. The molecule has 1 aromatic carbocycles. The normalized spacial score (nSPS) is 11.1. The van der Waals surface area contributed by atoms with Crippen molar-refractivity contribution in [2.75, 3.05) is 11.1 Å². The van der Waals surface area contributed by atoms with Crippen LogP contribution in [0.15, 0.2) is 36.7 Å². The summed E-state index contributed by atoms with van der Waals surface area (Å²) in [6.07, 6.45) is 1.58. The van der Waals surface area contributed by atoms with Crippen LogP contribution in [0, 0.1) is 11.3 Å². The number of nitrogens with one attached hydrogen (secondary N) is 1. The number of nitrogens with two attached hydrogens (primary N) is 1. The largest absolute Gasteiger partial charge is 0.448 e. The number of ether oxygens (including phenoxy) is 1. The van der Waals surface area contributed by atoms with E-state index in [1.165, 1.54) is 19.3 Å². The number of anilines is 2. The van der Waals surface area contributed by atoms with Gasteiger partial charge in [0.25, 0.3) is 5.91 Å². The number of hydrogen-bond donors (Lipinski definition) is 2. The van der Waals surface area contributed by atoms with E-state index in [1.54, 1.807) is 24.3 Å². The summed E-state index contributed by atoms with van der Waals surface area (Å²) >= 11 is 0. The molecule has 1 unspecified atom stereocenters. The van der Waals surface area contributed by atoms with Gasteiger partial charge in [0.2, 0.25) is 0 Å². The number of carbonyl (C=O) groups is 2. The molecule has 0 aliphatic rings. The Morgan fingerprint density at radius 2 is 1.91 bits per heavy atom. The molecule has 0 bridgehead atoms. The molecule has 3 N–H and O–H groups in total. The Labute approximate surface area is 131 Å². The van der Waals surface area contributed by atoms with E-state index in [1.807, 2.05) is 6.07 Å². The van der Waals surface area contributed by atoms with Crippen molar-refractivity contribution in [3.63, 3.8) is 0 Å². The number of aromatic nitrogens is 2. The van der Waals surface area contributed by atoms with Crippen LogP contribution in [0.1, 0.15) is 23.0 Å². The third kappa shape index (κ3) is 4.01. The first kappa shape index (κ1) is 15.9. The molecule has 0 spiro atoms. The van der Waals surface area contributed by atoms with Crippen LogP contribution in [0.4, 0.5) is 11.5 Å². The smallest absolute Gasteiger partial charge is 0.361 e. The average molecular weight is 311 g/mol. The van der Waals surface area contributed by atoms with Crippen molar-refractivity contribution in [3.8, 4) is 6.07 Å². The molecule has 1 heterocycles. The molecule has 2 rings (SSSR count). The fourth-order valence-electron chi connectivity index (χ4n) is 1.65. The van der Waals surface area contributed by atoms with Crippen molar-refractivity contribution >= 4 is 23.4 Å². The van der Waals surface area contributed by atoms with Crippen molar-refractivity contribution in [2.24, 2.45) is 0 Å². The Morgan fingerprint density at radius 1 is 1.26 bits per heavy atom. The van der Waals surface area contributed by atoms with E-state index in [0.717, 1.165) is 0 Å². The first-order valence-electron chi connectivity index (χ1n) is 6.59. The summed E-state index contributed by atoms with van der Waals surface area (Å²) in [5.41, 5.74) is 6.33. The zero-order valence-electron chi connectivity index (χ0n) is 12.2. The van der Waals surface area contributed by atoms with Gasteiger partial charge in [-0.2, -0.15) is 5.26 Å². The molecule has 116 valence electrons. The Hall–Kier alpha value is -3.47. The highest BCUT2D eigenvalue weighted by molar-refractivity contribution is 5.98. The predicted molar refractivity (Wildman–Crippen MR) is 81.1 cm³/mol. The lowest BCUT2D eigenvalue weighted by Crippen LogP contribution is -2.30. The lowest BCUT2D eigenvalue weighted by atomic mass is 10.2. The van der Waals surface area contributed by atoms with Crippen LogP contribution < -0.4 is 11.1 Å². The molecule has 0 saturated heterocycles. The number of nitrogen functional groups attached to an aromatic ring is 1. The highest BCUT2D eigenvalue weighted by atomic mass is 16.5. The van der Waals surface area contributed by atoms with Crippen LogP contribution >= 0.6 is 0 Å². The fraction of sp³-hybridized carbons (Fsp3) is 0.133. The summed E-state index contributed by atoms with van der Waals surface area (Å²) in [5, 5.41) is 11.3. The molecular formula is C15H13N5O3. The van der Waals surface area contributed by atoms with Crippen molar-refractivity contribution in [1.82, 2.24) is 9.97 Å². The molecule has 23 heavy (non-hydrogen) atoms. The molecule has 1 amide bonds. The first-order chi connectivity index (χ1) is 11.0. The number of carbonyl (C=O) groups excluding carboxylic acids is 2. The van der Waals surface area contributed by atoms with Crippen molar-refractivity contribution < 1.29 is 14.3 Å². The van der Waals surface area contributed by atoms with Crippen LogP contribution in [0.3, 0.4) is 0 Å². The van der Waals surface area contributed by atoms with Gasteiger partial charge in [-0.3, -0.25) is 4.79 Å². The van der Waals surface area contributed by atoms with Crippen molar-refractivity contribution in [2.45, 2.75) is 13.0 Å². The van der Waals surface area contributed by atoms with Gasteiger partial charge < -0.3 is 15.8 Å². The van der Waals surface area contributed by atoms with E-state index in [9.17, 15) is 9.59 Å². The Morgan fingerprint density at radius 3 is 2.52 bits per heavy atom. The molecule has 0 fully saturated rings. The van der Waals surface area contributed by atoms with Gasteiger partial charge in [0.1, 0.15) is 0 Å². The molecule has 0 aliphatic carbocycles. The maximum Gasteiger partial charge on any atom is 0.361 e. The minimum absolute atomic E-state index is 0.0720. The first-order valence-corrected chi connectivity index (χ1v) is 6.59. The van der Waals surface area contributed by atoms with Gasteiger partial charge in [0.15, 0.2) is 17.6 Å². The highest BCUT2D eigenvalue weighted by Crippen LogP contribution is 2.11. The maximum atomic E-state index is 12.0. The molecule has 8 heteroatoms. The molecule has 0 aliphatic heterocycles. The molecule has 1 atom stereocenters. The Kier molecular flexibility index (Phi) is 4.84. The number of nitrogens with zero attached hydrogens (tertiary/aromatic N) is 3. The van der Waals surface area contributed by atoms with E-state index in [2.05, 4.69) is 15.3 Å². The molecular weight excluding hydrogens is 298 g/mol. The topological polar surface area (TPSA) is 131 Å². The SMILES string of the molecule is CC(OC(=O)c1nccnc1N)C(=O)Nc1ccc(C#N)cc1. The summed E-state index contributed by atoms with van der Waals surface area (Å²) in [6.45, 7) is 1.42. The summed E-state index contributed by atoms with van der Waals surface area (Å²) in [7, 11) is 0. The molecule has 2 aromatic rings. The van der Waals surface area contributed by atoms with Crippen molar-refractivity contribution in [1.29, 1.82) is 5.26 Å². The van der Waals surface area contributed by atoms with Gasteiger partial charge in [0, 0.05) is 18.1 Å². The van der Waals surface area contributed by atoms with Crippen LogP contribution in [-0.2, 0) is 9.53 Å². The van der Waals surface area contributed by atoms with E-state index < -0.39 is 18.0 Å². The number of rotatable bonds is 4. The van der Waals surface area contributed by atoms with E-state index in [-0.39, 0.29) is 11.5 Å². The van der Waals surface area contributed by atoms with E-state index in [4.69, 9.17) is 15.7 Å². The molecule has 0 radical (unpaired) electrons. The number of nitriles is 1. The minimum Gasteiger partial charge on any atom is -0.448 e. The molecule has 8 nitrogen and oxygen atoms in total. The Bertz CT molecular complexity index is 767. The van der Waals surface area contributed by atoms with Crippen molar-refractivity contribution in [3.05, 3.63) is 47.9 Å². The quantitative estimate of drug-likeness (QED) is 0.808. The van der Waals surface area contributed by atoms with Gasteiger partial charge in [-0.1, -0.05) is 0 Å². The lowest BCUT2D eigenvalue weighted by Gasteiger charge is -2.13. The molecule has 0 saturated carbocycles. The summed E-state index contributed by atoms with van der Waals surface area (Å²) < 4.78 is 5.01. The van der Waals surface area contributed by atoms with Crippen LogP contribution in [-0.4, -0.2) is 27.9 Å². The monoisotopic (exact) mass is 311 g/mol. The average Bonchev–Trinajstić information content (AvgIpc) is 2.55. The Balaban J connectivity index is 1.98. The summed E-state index contributed by atoms with van der Waals surface area (Å²) in [5.74, 6) is -1.43. The second kappa shape index (κ2) is 7.00. The number of amides is 1. The van der Waals surface area contributed by atoms with E-state index >= 15 is 0 Å². The van der Waals surface area contributed by atoms with Gasteiger partial charge in [-0.25, -0.2) is 14.8 Å². The van der Waals surface area contributed by atoms with Gasteiger partial charge >= 0.3 is 5.97 Å². The third-order valence-electron chi connectivity index (χ3n) is 2.85. The van der Waals surface area contributed by atoms with E-state index in [0.29, 0.717) is 11.3 Å². The summed E-state index contributed by atoms with van der Waals surface area (Å²) in [4.78, 5) is 31.4. The number of esters is 1. The second-order valence-corrected chi connectivity index (χ2v) is 4.52. The lowest BCUT2D eigenvalue weighted by molar-refractivity contribution is -0.123. The maximum absolute atomic E-state index is 12.0.